The molecular weight excluding hydrogens is 737 g/mol. The molecule has 0 unspecified atom stereocenters. The van der Waals surface area contributed by atoms with Gasteiger partial charge < -0.3 is 14.0 Å². The number of halogens is 3. The lowest BCUT2D eigenvalue weighted by atomic mass is 10.1. The quantitative estimate of drug-likeness (QED) is 0.156. The molecule has 0 radical (unpaired) electrons. The molecule has 10 heteroatoms. The fourth-order valence-electron chi connectivity index (χ4n) is 2.68. The molecular formula is C19H12I3O6S-. The van der Waals surface area contributed by atoms with Gasteiger partial charge in [-0.1, -0.05) is 36.4 Å². The van der Waals surface area contributed by atoms with Gasteiger partial charge in [-0.3, -0.25) is 0 Å². The number of hydrogen-bond acceptors (Lipinski definition) is 6. The smallest absolute Gasteiger partial charge is 0.338 e. The molecule has 3 aromatic rings. The summed E-state index contributed by atoms with van der Waals surface area (Å²) in [5, 5.41) is 1.74. The molecule has 0 N–H and O–H groups in total. The van der Waals surface area contributed by atoms with Crippen molar-refractivity contribution in [3.8, 4) is 5.75 Å². The Kier molecular flexibility index (Phi) is 7.61. The summed E-state index contributed by atoms with van der Waals surface area (Å²) in [6.45, 7) is -0.0128. The van der Waals surface area contributed by atoms with Crippen molar-refractivity contribution < 1.29 is 27.2 Å². The van der Waals surface area contributed by atoms with Crippen LogP contribution in [-0.4, -0.2) is 32.2 Å². The van der Waals surface area contributed by atoms with Crippen molar-refractivity contribution in [1.29, 1.82) is 0 Å². The summed E-state index contributed by atoms with van der Waals surface area (Å²) < 4.78 is 46.7. The Morgan fingerprint density at radius 2 is 1.66 bits per heavy atom. The molecule has 0 aliphatic carbocycles. The second kappa shape index (κ2) is 9.62. The summed E-state index contributed by atoms with van der Waals surface area (Å²) in [6.07, 6.45) is 0. The summed E-state index contributed by atoms with van der Waals surface area (Å²) in [5.74, 6) is -0.192. The summed E-state index contributed by atoms with van der Waals surface area (Å²) in [6, 6.07) is 14.5. The minimum atomic E-state index is -4.64. The monoisotopic (exact) mass is 749 g/mol. The number of hydrogen-bond donors (Lipinski definition) is 0. The molecule has 0 spiro atoms. The van der Waals surface area contributed by atoms with Gasteiger partial charge in [0.15, 0.2) is 0 Å². The maximum atomic E-state index is 12.4. The average molecular weight is 749 g/mol. The van der Waals surface area contributed by atoms with Crippen molar-refractivity contribution >= 4 is 94.6 Å². The van der Waals surface area contributed by atoms with E-state index in [0.29, 0.717) is 12.7 Å². The summed E-state index contributed by atoms with van der Waals surface area (Å²) in [4.78, 5) is 12.1. The number of carbonyl (C=O) groups is 1. The van der Waals surface area contributed by atoms with Crippen LogP contribution in [0.1, 0.15) is 10.4 Å². The number of rotatable bonds is 6. The van der Waals surface area contributed by atoms with Crippen molar-refractivity contribution in [1.82, 2.24) is 0 Å². The third kappa shape index (κ3) is 5.32. The van der Waals surface area contributed by atoms with E-state index in [1.165, 1.54) is 0 Å². The second-order valence-electron chi connectivity index (χ2n) is 5.78. The minimum Gasteiger partial charge on any atom is -0.744 e. The molecule has 0 saturated carbocycles. The number of ether oxygens (including phenoxy) is 2. The molecule has 29 heavy (non-hydrogen) atoms. The number of fused-ring (bicyclic) bond motifs is 1. The topological polar surface area (TPSA) is 92.7 Å². The van der Waals surface area contributed by atoms with E-state index in [-0.39, 0.29) is 27.4 Å². The second-order valence-corrected chi connectivity index (χ2v) is 10.5. The third-order valence-electron chi connectivity index (χ3n) is 3.91. The molecule has 0 fully saturated rings. The molecule has 0 amide bonds. The van der Waals surface area contributed by atoms with Crippen molar-refractivity contribution in [3.05, 3.63) is 64.8 Å². The van der Waals surface area contributed by atoms with Crippen LogP contribution < -0.4 is 4.74 Å². The molecule has 3 aromatic carbocycles. The first-order valence-corrected chi connectivity index (χ1v) is 12.8. The Hall–Kier alpha value is -0.710. The van der Waals surface area contributed by atoms with Crippen molar-refractivity contribution in [2.45, 2.75) is 4.90 Å². The van der Waals surface area contributed by atoms with Gasteiger partial charge in [-0.15, -0.1) is 0 Å². The summed E-state index contributed by atoms with van der Waals surface area (Å²) in [5.41, 5.74) is 0.460. The van der Waals surface area contributed by atoms with E-state index >= 15 is 0 Å². The van der Waals surface area contributed by atoms with E-state index in [0.717, 1.165) is 10.8 Å². The average Bonchev–Trinajstić information content (AvgIpc) is 2.65. The van der Waals surface area contributed by atoms with Crippen molar-refractivity contribution in [2.75, 3.05) is 13.2 Å². The predicted octanol–water partition coefficient (Wildman–Crippen LogP) is 4.79. The first kappa shape index (κ1) is 23.0. The Balaban J connectivity index is 1.70. The fraction of sp³-hybridized carbons (Fsp3) is 0.105. The number of carbonyl (C=O) groups excluding carboxylic acids is 1. The van der Waals surface area contributed by atoms with Crippen molar-refractivity contribution in [3.63, 3.8) is 0 Å². The van der Waals surface area contributed by atoms with Gasteiger partial charge in [0, 0.05) is 3.57 Å². The van der Waals surface area contributed by atoms with Crippen molar-refractivity contribution in [2.24, 2.45) is 0 Å². The molecule has 0 bridgehead atoms. The molecule has 0 aliphatic heterocycles. The van der Waals surface area contributed by atoms with Gasteiger partial charge in [0.1, 0.15) is 29.1 Å². The molecule has 0 aromatic heterocycles. The number of benzene rings is 3. The normalized spacial score (nSPS) is 11.4. The standard InChI is InChI=1S/C19H13I3O6S/c20-14-10-15(21)18(29(24,25)26)16(22)17(14)27-8-9-28-19(23)13-7-3-5-11-4-1-2-6-12(11)13/h1-7,10H,8-9H2,(H,24,25,26)/p-1. The van der Waals surface area contributed by atoms with E-state index in [2.05, 4.69) is 0 Å². The maximum Gasteiger partial charge on any atom is 0.338 e. The third-order valence-corrected chi connectivity index (χ3v) is 8.25. The van der Waals surface area contributed by atoms with Gasteiger partial charge in [-0.25, -0.2) is 13.2 Å². The lowest BCUT2D eigenvalue weighted by Gasteiger charge is -2.17. The van der Waals surface area contributed by atoms with Gasteiger partial charge in [-0.05, 0) is 90.7 Å². The van der Waals surface area contributed by atoms with Crippen LogP contribution in [0, 0.1) is 10.7 Å². The largest absolute Gasteiger partial charge is 0.744 e. The van der Waals surface area contributed by atoms with E-state index in [1.807, 2.05) is 52.9 Å². The molecule has 0 saturated heterocycles. The molecule has 0 heterocycles. The van der Waals surface area contributed by atoms with Crippen LogP contribution in [0.15, 0.2) is 53.4 Å². The summed E-state index contributed by atoms with van der Waals surface area (Å²) >= 11 is 5.59. The zero-order valence-corrected chi connectivity index (χ0v) is 21.8. The molecule has 0 aliphatic rings. The van der Waals surface area contributed by atoms with Crippen LogP contribution in [0.5, 0.6) is 5.75 Å². The van der Waals surface area contributed by atoms with Gasteiger partial charge in [0.2, 0.25) is 0 Å². The molecule has 0 atom stereocenters. The van der Waals surface area contributed by atoms with E-state index in [4.69, 9.17) is 9.47 Å². The van der Waals surface area contributed by atoms with Gasteiger partial charge in [0.05, 0.1) is 17.6 Å². The number of esters is 1. The van der Waals surface area contributed by atoms with Gasteiger partial charge in [-0.2, -0.15) is 0 Å². The molecule has 3 rings (SSSR count). The predicted molar refractivity (Wildman–Crippen MR) is 132 cm³/mol. The Morgan fingerprint density at radius 3 is 2.38 bits per heavy atom. The Labute approximate surface area is 208 Å². The Bertz CT molecular complexity index is 1190. The Morgan fingerprint density at radius 1 is 0.966 bits per heavy atom. The van der Waals surface area contributed by atoms with Crippen LogP contribution >= 0.6 is 67.8 Å². The highest BCUT2D eigenvalue weighted by atomic mass is 127. The highest BCUT2D eigenvalue weighted by molar-refractivity contribution is 14.1. The van der Waals surface area contributed by atoms with Crippen LogP contribution in [0.3, 0.4) is 0 Å². The minimum absolute atomic E-state index is 0.0153. The fourth-order valence-corrected chi connectivity index (χ4v) is 8.59. The highest BCUT2D eigenvalue weighted by Gasteiger charge is 2.20. The summed E-state index contributed by atoms with van der Waals surface area (Å²) in [7, 11) is -4.64. The first-order valence-electron chi connectivity index (χ1n) is 8.11. The lowest BCUT2D eigenvalue weighted by molar-refractivity contribution is 0.0451. The van der Waals surface area contributed by atoms with Crippen LogP contribution in [-0.2, 0) is 14.9 Å². The lowest BCUT2D eigenvalue weighted by Crippen LogP contribution is -2.14. The first-order chi connectivity index (χ1) is 13.7. The molecule has 6 nitrogen and oxygen atoms in total. The SMILES string of the molecule is O=C(OCCOc1c(I)cc(I)c(S(=O)(=O)[O-])c1I)c1cccc2ccccc12. The molecule has 152 valence electrons. The zero-order chi connectivity index (χ0) is 21.2. The van der Waals surface area contributed by atoms with E-state index in [9.17, 15) is 17.8 Å². The zero-order valence-electron chi connectivity index (χ0n) is 14.5. The van der Waals surface area contributed by atoms with E-state index in [1.54, 1.807) is 63.4 Å². The van der Waals surface area contributed by atoms with Crippen LogP contribution in [0.25, 0.3) is 10.8 Å². The van der Waals surface area contributed by atoms with Crippen LogP contribution in [0.2, 0.25) is 0 Å². The van der Waals surface area contributed by atoms with Gasteiger partial charge in [0.25, 0.3) is 0 Å². The van der Waals surface area contributed by atoms with E-state index < -0.39 is 16.1 Å². The maximum absolute atomic E-state index is 12.4. The van der Waals surface area contributed by atoms with Crippen LogP contribution in [0.4, 0.5) is 0 Å². The van der Waals surface area contributed by atoms with Gasteiger partial charge >= 0.3 is 5.97 Å². The highest BCUT2D eigenvalue weighted by Crippen LogP contribution is 2.36.